The molecule has 1 aliphatic rings. The van der Waals surface area contributed by atoms with Crippen LogP contribution >= 0.6 is 11.6 Å². The van der Waals surface area contributed by atoms with Crippen molar-refractivity contribution in [2.24, 2.45) is 5.10 Å². The van der Waals surface area contributed by atoms with Crippen molar-refractivity contribution in [1.82, 2.24) is 10.7 Å². The van der Waals surface area contributed by atoms with Crippen molar-refractivity contribution >= 4 is 41.2 Å². The van der Waals surface area contributed by atoms with Gasteiger partial charge in [-0.05, 0) is 62.1 Å². The molecule has 162 valence electrons. The van der Waals surface area contributed by atoms with Crippen LogP contribution in [0.1, 0.15) is 29.5 Å². The van der Waals surface area contributed by atoms with Crippen LogP contribution in [0.25, 0.3) is 0 Å². The molecule has 0 spiro atoms. The Labute approximate surface area is 185 Å². The maximum atomic E-state index is 12.3. The molecule has 0 saturated heterocycles. The minimum Gasteiger partial charge on any atom is -0.483 e. The largest absolute Gasteiger partial charge is 0.483 e. The first-order valence-corrected chi connectivity index (χ1v) is 10.1. The van der Waals surface area contributed by atoms with E-state index in [0.717, 1.165) is 29.7 Å². The maximum Gasteiger partial charge on any atom is 0.329 e. The highest BCUT2D eigenvalue weighted by molar-refractivity contribution is 6.35. The molecule has 0 heterocycles. The molecule has 0 aliphatic heterocycles. The first kappa shape index (κ1) is 22.3. The van der Waals surface area contributed by atoms with E-state index in [1.54, 1.807) is 18.2 Å². The summed E-state index contributed by atoms with van der Waals surface area (Å²) in [4.78, 5) is 35.7. The molecule has 1 aliphatic carbocycles. The summed E-state index contributed by atoms with van der Waals surface area (Å²) in [5.74, 6) is -1.57. The number of carbonyl (C=O) groups excluding carboxylic acids is 3. The molecule has 0 bridgehead atoms. The molecule has 1 fully saturated rings. The quantitative estimate of drug-likeness (QED) is 0.348. The fourth-order valence-electron chi connectivity index (χ4n) is 2.64. The molecule has 0 aromatic heterocycles. The van der Waals surface area contributed by atoms with Gasteiger partial charge in [0.15, 0.2) is 6.61 Å². The number of halogens is 1. The Bertz CT molecular complexity index is 1030. The van der Waals surface area contributed by atoms with Gasteiger partial charge in [-0.3, -0.25) is 14.4 Å². The number of hydrogen-bond acceptors (Lipinski definition) is 5. The number of nitrogens with one attached hydrogen (secondary N) is 3. The highest BCUT2D eigenvalue weighted by Crippen LogP contribution is 2.22. The van der Waals surface area contributed by atoms with Crippen LogP contribution in [-0.4, -0.2) is 36.6 Å². The van der Waals surface area contributed by atoms with E-state index in [1.165, 1.54) is 6.21 Å². The lowest BCUT2D eigenvalue weighted by atomic mass is 10.1. The van der Waals surface area contributed by atoms with E-state index in [-0.39, 0.29) is 18.6 Å². The van der Waals surface area contributed by atoms with Crippen molar-refractivity contribution in [1.29, 1.82) is 0 Å². The number of carbonyl (C=O) groups is 3. The van der Waals surface area contributed by atoms with Gasteiger partial charge in [0.25, 0.3) is 5.91 Å². The molecule has 2 aromatic carbocycles. The Balaban J connectivity index is 1.58. The summed E-state index contributed by atoms with van der Waals surface area (Å²) in [6.07, 6.45) is 3.05. The van der Waals surface area contributed by atoms with Crippen molar-refractivity contribution in [2.45, 2.75) is 32.7 Å². The molecule has 9 heteroatoms. The van der Waals surface area contributed by atoms with Gasteiger partial charge in [-0.25, -0.2) is 5.43 Å². The highest BCUT2D eigenvalue weighted by atomic mass is 35.5. The van der Waals surface area contributed by atoms with Gasteiger partial charge in [0.05, 0.1) is 6.21 Å². The second-order valence-electron chi connectivity index (χ2n) is 7.28. The van der Waals surface area contributed by atoms with Gasteiger partial charge < -0.3 is 15.4 Å². The molecule has 8 nitrogen and oxygen atoms in total. The minimum atomic E-state index is -0.861. The molecule has 2 aromatic rings. The SMILES string of the molecule is Cc1ccc(C)c(NC(=O)COc2ccc(Cl)cc2/C=N\NC(=O)C(=O)NC2CC2)c1. The van der Waals surface area contributed by atoms with E-state index in [9.17, 15) is 14.4 Å². The monoisotopic (exact) mass is 442 g/mol. The standard InChI is InChI=1S/C22H23ClN4O4/c1-13-3-4-14(2)18(9-13)26-20(28)12-31-19-8-5-16(23)10-15(19)11-24-27-22(30)21(29)25-17-6-7-17/h3-5,8-11,17H,6-7,12H2,1-2H3,(H,25,29)(H,26,28)(H,27,30)/b24-11-. The smallest absolute Gasteiger partial charge is 0.329 e. The van der Waals surface area contributed by atoms with Gasteiger partial charge in [0.1, 0.15) is 5.75 Å². The fraction of sp³-hybridized carbons (Fsp3) is 0.273. The van der Waals surface area contributed by atoms with Crippen LogP contribution in [0.4, 0.5) is 5.69 Å². The number of hydrogen-bond donors (Lipinski definition) is 3. The van der Waals surface area contributed by atoms with Crippen molar-refractivity contribution in [2.75, 3.05) is 11.9 Å². The van der Waals surface area contributed by atoms with Crippen LogP contribution in [0.5, 0.6) is 5.75 Å². The zero-order chi connectivity index (χ0) is 22.4. The van der Waals surface area contributed by atoms with Gasteiger partial charge in [0, 0.05) is 22.3 Å². The number of ether oxygens (including phenoxy) is 1. The molecule has 31 heavy (non-hydrogen) atoms. The molecule has 0 unspecified atom stereocenters. The Morgan fingerprint density at radius 2 is 1.90 bits per heavy atom. The topological polar surface area (TPSA) is 109 Å². The summed E-state index contributed by atoms with van der Waals surface area (Å²) in [6, 6.07) is 10.6. The number of hydrazone groups is 1. The number of anilines is 1. The van der Waals surface area contributed by atoms with Crippen molar-refractivity contribution < 1.29 is 19.1 Å². The molecular weight excluding hydrogens is 420 g/mol. The average molecular weight is 443 g/mol. The zero-order valence-electron chi connectivity index (χ0n) is 17.2. The second kappa shape index (κ2) is 10.1. The first-order valence-electron chi connectivity index (χ1n) is 9.75. The predicted molar refractivity (Wildman–Crippen MR) is 118 cm³/mol. The van der Waals surface area contributed by atoms with Gasteiger partial charge in [0.2, 0.25) is 0 Å². The van der Waals surface area contributed by atoms with Gasteiger partial charge >= 0.3 is 11.8 Å². The Hall–Kier alpha value is -3.39. The number of aryl methyl sites for hydroxylation is 2. The third kappa shape index (κ3) is 6.82. The van der Waals surface area contributed by atoms with E-state index in [4.69, 9.17) is 16.3 Å². The van der Waals surface area contributed by atoms with Gasteiger partial charge in [-0.15, -0.1) is 0 Å². The Morgan fingerprint density at radius 3 is 2.65 bits per heavy atom. The Morgan fingerprint density at radius 1 is 1.13 bits per heavy atom. The van der Waals surface area contributed by atoms with Gasteiger partial charge in [-0.1, -0.05) is 23.7 Å². The first-order chi connectivity index (χ1) is 14.8. The molecule has 3 N–H and O–H groups in total. The lowest BCUT2D eigenvalue weighted by Gasteiger charge is -2.12. The molecule has 3 amide bonds. The van der Waals surface area contributed by atoms with Crippen LogP contribution in [-0.2, 0) is 14.4 Å². The summed E-state index contributed by atoms with van der Waals surface area (Å²) in [5, 5.41) is 9.59. The van der Waals surface area contributed by atoms with Crippen molar-refractivity contribution in [3.05, 3.63) is 58.1 Å². The molecule has 1 saturated carbocycles. The molecular formula is C22H23ClN4O4. The summed E-state index contributed by atoms with van der Waals surface area (Å²) in [5.41, 5.74) is 5.30. The lowest BCUT2D eigenvalue weighted by Crippen LogP contribution is -2.38. The molecule has 3 rings (SSSR count). The third-order valence-electron chi connectivity index (χ3n) is 4.49. The summed E-state index contributed by atoms with van der Waals surface area (Å²) < 4.78 is 5.61. The normalized spacial score (nSPS) is 13.0. The van der Waals surface area contributed by atoms with E-state index in [1.807, 2.05) is 32.0 Å². The zero-order valence-corrected chi connectivity index (χ0v) is 18.0. The van der Waals surface area contributed by atoms with Crippen LogP contribution in [0.15, 0.2) is 41.5 Å². The Kier molecular flexibility index (Phi) is 7.25. The minimum absolute atomic E-state index is 0.0740. The van der Waals surface area contributed by atoms with Crippen molar-refractivity contribution in [3.8, 4) is 5.75 Å². The summed E-state index contributed by atoms with van der Waals surface area (Å²) in [6.45, 7) is 3.62. The average Bonchev–Trinajstić information content (AvgIpc) is 3.54. The van der Waals surface area contributed by atoms with E-state index in [2.05, 4.69) is 21.2 Å². The lowest BCUT2D eigenvalue weighted by molar-refractivity contribution is -0.139. The number of amides is 3. The van der Waals surface area contributed by atoms with Gasteiger partial charge in [-0.2, -0.15) is 5.10 Å². The summed E-state index contributed by atoms with van der Waals surface area (Å²) in [7, 11) is 0. The van der Waals surface area contributed by atoms with Crippen LogP contribution < -0.4 is 20.8 Å². The maximum absolute atomic E-state index is 12.3. The fourth-order valence-corrected chi connectivity index (χ4v) is 2.82. The highest BCUT2D eigenvalue weighted by Gasteiger charge is 2.26. The van der Waals surface area contributed by atoms with Crippen LogP contribution in [0.2, 0.25) is 5.02 Å². The number of rotatable bonds is 7. The third-order valence-corrected chi connectivity index (χ3v) is 4.72. The number of benzene rings is 2. The van der Waals surface area contributed by atoms with Crippen LogP contribution in [0, 0.1) is 13.8 Å². The van der Waals surface area contributed by atoms with E-state index >= 15 is 0 Å². The molecule has 0 radical (unpaired) electrons. The van der Waals surface area contributed by atoms with E-state index in [0.29, 0.717) is 16.3 Å². The second-order valence-corrected chi connectivity index (χ2v) is 7.72. The predicted octanol–water partition coefficient (Wildman–Crippen LogP) is 2.70. The van der Waals surface area contributed by atoms with Crippen molar-refractivity contribution in [3.63, 3.8) is 0 Å². The van der Waals surface area contributed by atoms with Crippen LogP contribution in [0.3, 0.4) is 0 Å². The molecule has 0 atom stereocenters. The number of nitrogens with zero attached hydrogens (tertiary/aromatic N) is 1. The van der Waals surface area contributed by atoms with E-state index < -0.39 is 11.8 Å². The summed E-state index contributed by atoms with van der Waals surface area (Å²) >= 11 is 6.03.